The molecule has 1 aromatic rings. The topological polar surface area (TPSA) is 79.0 Å². The summed E-state index contributed by atoms with van der Waals surface area (Å²) < 4.78 is 10.6. The summed E-state index contributed by atoms with van der Waals surface area (Å²) in [5.41, 5.74) is 0. The fourth-order valence-electron chi connectivity index (χ4n) is 1.88. The van der Waals surface area contributed by atoms with Crippen LogP contribution in [-0.4, -0.2) is 50.0 Å². The van der Waals surface area contributed by atoms with E-state index in [0.29, 0.717) is 6.54 Å². The third kappa shape index (κ3) is 10.6. The lowest BCUT2D eigenvalue weighted by molar-refractivity contribution is 0.146. The highest BCUT2D eigenvalue weighted by Crippen LogP contribution is 1.99. The molecule has 0 saturated heterocycles. The van der Waals surface area contributed by atoms with Gasteiger partial charge in [0.15, 0.2) is 5.96 Å². The Morgan fingerprint density at radius 1 is 1.43 bits per heavy atom. The first-order valence-corrected chi connectivity index (χ1v) is 8.06. The lowest BCUT2D eigenvalue weighted by Gasteiger charge is -2.18. The predicted octanol–water partition coefficient (Wildman–Crippen LogP) is 2.17. The molecular weight excluding hydrogens is 409 g/mol. The fourth-order valence-corrected chi connectivity index (χ4v) is 1.88. The summed E-state index contributed by atoms with van der Waals surface area (Å²) in [6, 6.07) is 3.85. The number of hydrogen-bond donors (Lipinski definition) is 3. The number of ether oxygens (including phenoxy) is 1. The average Bonchev–Trinajstić information content (AvgIpc) is 3.05. The van der Waals surface area contributed by atoms with Crippen LogP contribution in [0.2, 0.25) is 0 Å². The van der Waals surface area contributed by atoms with E-state index in [1.54, 1.807) is 6.26 Å². The van der Waals surface area contributed by atoms with Gasteiger partial charge in [0.25, 0.3) is 0 Å². The van der Waals surface area contributed by atoms with Crippen molar-refractivity contribution in [1.82, 2.24) is 10.6 Å². The molecule has 6 nitrogen and oxygen atoms in total. The summed E-state index contributed by atoms with van der Waals surface area (Å²) in [6.45, 7) is 6.98. The monoisotopic (exact) mass is 439 g/mol. The Bertz CT molecular complexity index is 395. The van der Waals surface area contributed by atoms with Crippen molar-refractivity contribution in [3.63, 3.8) is 0 Å². The fraction of sp³-hybridized carbons (Fsp3) is 0.688. The van der Waals surface area contributed by atoms with E-state index >= 15 is 0 Å². The normalized spacial score (nSPS) is 12.6. The van der Waals surface area contributed by atoms with Crippen LogP contribution in [0.3, 0.4) is 0 Å². The van der Waals surface area contributed by atoms with Crippen molar-refractivity contribution in [3.8, 4) is 0 Å². The molecule has 0 amide bonds. The van der Waals surface area contributed by atoms with Crippen LogP contribution in [0.1, 0.15) is 32.4 Å². The highest BCUT2D eigenvalue weighted by molar-refractivity contribution is 14.0. The van der Waals surface area contributed by atoms with E-state index in [9.17, 15) is 5.11 Å². The Kier molecular flexibility index (Phi) is 14.3. The standard InChI is InChI=1S/C16H29N3O3.HI/c1-3-14(13-20)19-16(17-9-6-11-21-4-2)18-10-8-15-7-5-12-22-15;/h5,7,12,14,20H,3-4,6,8-11,13H2,1-2H3,(H2,17,18,19);1H/t14-;/m1./s1. The number of aliphatic hydroxyl groups excluding tert-OH is 1. The molecule has 0 bridgehead atoms. The molecule has 0 aromatic carbocycles. The van der Waals surface area contributed by atoms with Gasteiger partial charge in [0.05, 0.1) is 18.9 Å². The van der Waals surface area contributed by atoms with Crippen molar-refractivity contribution in [2.24, 2.45) is 4.99 Å². The SMILES string of the molecule is CCOCCCN=C(NCCc1ccco1)N[C@H](CC)CO.I. The zero-order valence-corrected chi connectivity index (χ0v) is 16.4. The van der Waals surface area contributed by atoms with Crippen molar-refractivity contribution in [3.05, 3.63) is 24.2 Å². The first-order valence-electron chi connectivity index (χ1n) is 8.06. The molecule has 0 spiro atoms. The second-order valence-corrected chi connectivity index (χ2v) is 4.97. The largest absolute Gasteiger partial charge is 0.469 e. The van der Waals surface area contributed by atoms with Gasteiger partial charge in [-0.1, -0.05) is 6.92 Å². The van der Waals surface area contributed by atoms with Crippen LogP contribution in [0.25, 0.3) is 0 Å². The van der Waals surface area contributed by atoms with Gasteiger partial charge < -0.3 is 24.9 Å². The second-order valence-electron chi connectivity index (χ2n) is 4.97. The van der Waals surface area contributed by atoms with Gasteiger partial charge in [0.2, 0.25) is 0 Å². The van der Waals surface area contributed by atoms with E-state index in [4.69, 9.17) is 9.15 Å². The Balaban J connectivity index is 0.00000484. The Hall–Kier alpha value is -0.800. The van der Waals surface area contributed by atoms with Gasteiger partial charge in [-0.25, -0.2) is 0 Å². The lowest BCUT2D eigenvalue weighted by Crippen LogP contribution is -2.45. The molecule has 7 heteroatoms. The lowest BCUT2D eigenvalue weighted by atomic mass is 10.2. The van der Waals surface area contributed by atoms with Crippen LogP contribution in [0.15, 0.2) is 27.8 Å². The number of nitrogens with zero attached hydrogens (tertiary/aromatic N) is 1. The van der Waals surface area contributed by atoms with Gasteiger partial charge in [-0.05, 0) is 31.9 Å². The molecule has 1 atom stereocenters. The Morgan fingerprint density at radius 3 is 2.87 bits per heavy atom. The molecule has 3 N–H and O–H groups in total. The number of guanidine groups is 1. The highest BCUT2D eigenvalue weighted by Gasteiger charge is 2.07. The quantitative estimate of drug-likeness (QED) is 0.213. The molecule has 1 rings (SSSR count). The van der Waals surface area contributed by atoms with E-state index < -0.39 is 0 Å². The van der Waals surface area contributed by atoms with Crippen molar-refractivity contribution in [2.45, 2.75) is 39.2 Å². The van der Waals surface area contributed by atoms with Crippen molar-refractivity contribution in [1.29, 1.82) is 0 Å². The minimum absolute atomic E-state index is 0. The second kappa shape index (κ2) is 14.8. The summed E-state index contributed by atoms with van der Waals surface area (Å²) in [4.78, 5) is 4.52. The maximum absolute atomic E-state index is 9.31. The molecule has 0 unspecified atom stereocenters. The summed E-state index contributed by atoms with van der Waals surface area (Å²) in [5.74, 6) is 1.67. The zero-order chi connectivity index (χ0) is 16.0. The van der Waals surface area contributed by atoms with Crippen LogP contribution in [0.4, 0.5) is 0 Å². The number of furan rings is 1. The third-order valence-electron chi connectivity index (χ3n) is 3.22. The first-order chi connectivity index (χ1) is 10.8. The summed E-state index contributed by atoms with van der Waals surface area (Å²) in [6.07, 6.45) is 4.20. The van der Waals surface area contributed by atoms with Gasteiger partial charge in [-0.15, -0.1) is 24.0 Å². The van der Waals surface area contributed by atoms with Crippen LogP contribution in [0, 0.1) is 0 Å². The molecule has 0 aliphatic carbocycles. The van der Waals surface area contributed by atoms with Crippen LogP contribution >= 0.6 is 24.0 Å². The Morgan fingerprint density at radius 2 is 2.26 bits per heavy atom. The molecular formula is C16H30IN3O3. The first kappa shape index (κ1) is 22.2. The number of rotatable bonds is 11. The molecule has 1 aromatic heterocycles. The maximum Gasteiger partial charge on any atom is 0.191 e. The molecule has 134 valence electrons. The highest BCUT2D eigenvalue weighted by atomic mass is 127. The Labute approximate surface area is 156 Å². The molecule has 1 heterocycles. The molecule has 23 heavy (non-hydrogen) atoms. The summed E-state index contributed by atoms with van der Waals surface area (Å²) >= 11 is 0. The van der Waals surface area contributed by atoms with Crippen LogP contribution < -0.4 is 10.6 Å². The van der Waals surface area contributed by atoms with Crippen molar-refractivity contribution in [2.75, 3.05) is 32.9 Å². The molecule has 0 aliphatic heterocycles. The predicted molar refractivity (Wildman–Crippen MR) is 104 cm³/mol. The number of aliphatic imine (C=N–C) groups is 1. The number of aliphatic hydroxyl groups is 1. The van der Waals surface area contributed by atoms with Gasteiger partial charge in [-0.3, -0.25) is 4.99 Å². The van der Waals surface area contributed by atoms with Gasteiger partial charge in [0, 0.05) is 32.7 Å². The van der Waals surface area contributed by atoms with E-state index in [1.807, 2.05) is 26.0 Å². The van der Waals surface area contributed by atoms with E-state index in [2.05, 4.69) is 15.6 Å². The average molecular weight is 439 g/mol. The molecule has 0 fully saturated rings. The summed E-state index contributed by atoms with van der Waals surface area (Å²) in [5, 5.41) is 15.8. The summed E-state index contributed by atoms with van der Waals surface area (Å²) in [7, 11) is 0. The number of halogens is 1. The number of hydrogen-bond acceptors (Lipinski definition) is 4. The smallest absolute Gasteiger partial charge is 0.191 e. The number of nitrogens with one attached hydrogen (secondary N) is 2. The van der Waals surface area contributed by atoms with E-state index in [0.717, 1.165) is 50.7 Å². The van der Waals surface area contributed by atoms with Gasteiger partial charge >= 0.3 is 0 Å². The van der Waals surface area contributed by atoms with Crippen molar-refractivity contribution >= 4 is 29.9 Å². The van der Waals surface area contributed by atoms with Crippen LogP contribution in [-0.2, 0) is 11.2 Å². The molecule has 0 aliphatic rings. The van der Waals surface area contributed by atoms with E-state index in [-0.39, 0.29) is 36.6 Å². The molecule has 0 radical (unpaired) electrons. The van der Waals surface area contributed by atoms with Crippen molar-refractivity contribution < 1.29 is 14.3 Å². The minimum atomic E-state index is 0. The van der Waals surface area contributed by atoms with Gasteiger partial charge in [0.1, 0.15) is 5.76 Å². The third-order valence-corrected chi connectivity index (χ3v) is 3.22. The minimum Gasteiger partial charge on any atom is -0.469 e. The molecule has 0 saturated carbocycles. The van der Waals surface area contributed by atoms with Crippen LogP contribution in [0.5, 0.6) is 0 Å². The zero-order valence-electron chi connectivity index (χ0n) is 14.1. The van der Waals surface area contributed by atoms with Gasteiger partial charge in [-0.2, -0.15) is 0 Å². The maximum atomic E-state index is 9.31. The van der Waals surface area contributed by atoms with E-state index in [1.165, 1.54) is 0 Å².